The van der Waals surface area contributed by atoms with E-state index in [0.29, 0.717) is 12.5 Å². The fourth-order valence-corrected chi connectivity index (χ4v) is 7.10. The third kappa shape index (κ3) is 4.60. The first-order valence-corrected chi connectivity index (χ1v) is 12.7. The van der Waals surface area contributed by atoms with Gasteiger partial charge in [-0.05, 0) is 105 Å². The van der Waals surface area contributed by atoms with Crippen LogP contribution in [0.5, 0.6) is 5.75 Å². The maximum atomic E-state index is 11.7. The van der Waals surface area contributed by atoms with E-state index >= 15 is 0 Å². The zero-order valence-electron chi connectivity index (χ0n) is 20.1. The van der Waals surface area contributed by atoms with Crippen molar-refractivity contribution < 1.29 is 14.3 Å². The number of carbonyl (C=O) groups is 1. The number of rotatable bonds is 6. The van der Waals surface area contributed by atoms with Gasteiger partial charge in [-0.25, -0.2) is 4.79 Å². The minimum atomic E-state index is -0.290. The quantitative estimate of drug-likeness (QED) is 0.271. The topological polar surface area (TPSA) is 35.5 Å². The van der Waals surface area contributed by atoms with Gasteiger partial charge in [0.1, 0.15) is 11.9 Å². The van der Waals surface area contributed by atoms with E-state index < -0.39 is 0 Å². The van der Waals surface area contributed by atoms with Crippen molar-refractivity contribution in [1.82, 2.24) is 0 Å². The summed E-state index contributed by atoms with van der Waals surface area (Å²) in [5.74, 6) is 4.88. The van der Waals surface area contributed by atoms with Crippen LogP contribution in [0.2, 0.25) is 0 Å². The van der Waals surface area contributed by atoms with Crippen molar-refractivity contribution >= 4 is 12.0 Å². The molecule has 0 radical (unpaired) electrons. The van der Waals surface area contributed by atoms with Crippen molar-refractivity contribution in [2.75, 3.05) is 6.61 Å². The maximum Gasteiger partial charge on any atom is 0.330 e. The van der Waals surface area contributed by atoms with Crippen molar-refractivity contribution in [2.45, 2.75) is 59.0 Å². The van der Waals surface area contributed by atoms with Gasteiger partial charge in [-0.15, -0.1) is 0 Å². The molecular formula is C30H36O3. The van der Waals surface area contributed by atoms with E-state index in [9.17, 15) is 4.79 Å². The summed E-state index contributed by atoms with van der Waals surface area (Å²) in [6.45, 7) is 6.34. The van der Waals surface area contributed by atoms with Gasteiger partial charge in [-0.3, -0.25) is 0 Å². The number of hydrogen-bond acceptors (Lipinski definition) is 3. The van der Waals surface area contributed by atoms with Crippen LogP contribution in [0.3, 0.4) is 0 Å². The Morgan fingerprint density at radius 3 is 2.45 bits per heavy atom. The Labute approximate surface area is 198 Å². The minimum Gasteiger partial charge on any atom is -0.485 e. The van der Waals surface area contributed by atoms with E-state index in [1.807, 2.05) is 26.0 Å². The van der Waals surface area contributed by atoms with Gasteiger partial charge in [0.05, 0.1) is 6.61 Å². The van der Waals surface area contributed by atoms with Gasteiger partial charge in [-0.1, -0.05) is 36.4 Å². The van der Waals surface area contributed by atoms with E-state index in [4.69, 9.17) is 9.47 Å². The summed E-state index contributed by atoms with van der Waals surface area (Å²) in [6.07, 6.45) is 17.3. The molecule has 1 aliphatic heterocycles. The van der Waals surface area contributed by atoms with E-state index in [2.05, 4.69) is 43.3 Å². The summed E-state index contributed by atoms with van der Waals surface area (Å²) in [6, 6.07) is 8.43. The van der Waals surface area contributed by atoms with Gasteiger partial charge >= 0.3 is 5.97 Å². The van der Waals surface area contributed by atoms with Crippen LogP contribution in [-0.2, 0) is 9.53 Å². The van der Waals surface area contributed by atoms with Gasteiger partial charge in [0.2, 0.25) is 0 Å². The summed E-state index contributed by atoms with van der Waals surface area (Å²) >= 11 is 0. The van der Waals surface area contributed by atoms with Crippen LogP contribution in [0.25, 0.3) is 6.08 Å². The SMILES string of the molecule is CCOC(=O)C=C(C)C=CC=C(C)C1=Cc2ccccc2OC1C1C2CC3CC(C2)CC1C3. The van der Waals surface area contributed by atoms with Crippen LogP contribution < -0.4 is 4.74 Å². The standard InChI is InChI=1S/C30H36O3/c1-4-32-28(31)12-19(2)8-7-9-20(3)26-18-23-10-5-6-11-27(23)33-30(26)29-24-14-21-13-22(16-24)17-25(29)15-21/h5-12,18,21-22,24-25,29-30H,4,13-17H2,1-3H3. The van der Waals surface area contributed by atoms with Gasteiger partial charge in [0, 0.05) is 17.6 Å². The molecule has 3 heteroatoms. The van der Waals surface area contributed by atoms with E-state index in [0.717, 1.165) is 35.0 Å². The fourth-order valence-electron chi connectivity index (χ4n) is 7.10. The highest BCUT2D eigenvalue weighted by molar-refractivity contribution is 5.83. The lowest BCUT2D eigenvalue weighted by Crippen LogP contribution is -2.51. The molecule has 1 atom stereocenters. The number of allylic oxidation sites excluding steroid dienone is 4. The maximum absolute atomic E-state index is 11.7. The number of esters is 1. The molecule has 0 spiro atoms. The Kier molecular flexibility index (Phi) is 6.32. The van der Waals surface area contributed by atoms with Crippen LogP contribution in [-0.4, -0.2) is 18.7 Å². The molecule has 3 nitrogen and oxygen atoms in total. The predicted octanol–water partition coefficient (Wildman–Crippen LogP) is 6.92. The third-order valence-electron chi connectivity index (χ3n) is 8.23. The molecule has 33 heavy (non-hydrogen) atoms. The largest absolute Gasteiger partial charge is 0.485 e. The highest BCUT2D eigenvalue weighted by atomic mass is 16.5. The highest BCUT2D eigenvalue weighted by Gasteiger charge is 2.52. The molecule has 0 saturated heterocycles. The average Bonchev–Trinajstić information content (AvgIpc) is 2.78. The molecule has 0 aromatic heterocycles. The molecule has 4 saturated carbocycles. The summed E-state index contributed by atoms with van der Waals surface area (Å²) < 4.78 is 11.8. The van der Waals surface area contributed by atoms with Gasteiger partial charge < -0.3 is 9.47 Å². The lowest BCUT2D eigenvalue weighted by Gasteiger charge is -2.56. The molecule has 6 rings (SSSR count). The molecule has 174 valence electrons. The zero-order valence-corrected chi connectivity index (χ0v) is 20.1. The number of carbonyl (C=O) groups excluding carboxylic acids is 1. The average molecular weight is 445 g/mol. The van der Waals surface area contributed by atoms with Crippen LogP contribution in [0, 0.1) is 29.6 Å². The lowest BCUT2D eigenvalue weighted by atomic mass is 9.50. The smallest absolute Gasteiger partial charge is 0.330 e. The van der Waals surface area contributed by atoms with E-state index in [-0.39, 0.29) is 12.1 Å². The summed E-state index contributed by atoms with van der Waals surface area (Å²) in [7, 11) is 0. The van der Waals surface area contributed by atoms with E-state index in [1.165, 1.54) is 48.8 Å². The second kappa shape index (κ2) is 9.37. The van der Waals surface area contributed by atoms with Crippen molar-refractivity contribution in [3.8, 4) is 5.75 Å². The molecule has 4 fully saturated rings. The van der Waals surface area contributed by atoms with Crippen molar-refractivity contribution in [2.24, 2.45) is 29.6 Å². The molecule has 5 aliphatic rings. The molecule has 0 amide bonds. The second-order valence-electron chi connectivity index (χ2n) is 10.5. The number of hydrogen-bond donors (Lipinski definition) is 0. The Morgan fingerprint density at radius 2 is 1.76 bits per heavy atom. The Balaban J connectivity index is 1.42. The second-order valence-corrected chi connectivity index (χ2v) is 10.5. The van der Waals surface area contributed by atoms with Crippen molar-refractivity contribution in [3.63, 3.8) is 0 Å². The monoisotopic (exact) mass is 444 g/mol. The minimum absolute atomic E-state index is 0.135. The number of fused-ring (bicyclic) bond motifs is 1. The molecule has 1 unspecified atom stereocenters. The van der Waals surface area contributed by atoms with Crippen molar-refractivity contribution in [3.05, 3.63) is 70.9 Å². The molecule has 1 heterocycles. The predicted molar refractivity (Wildman–Crippen MR) is 133 cm³/mol. The summed E-state index contributed by atoms with van der Waals surface area (Å²) in [5.41, 5.74) is 4.61. The lowest BCUT2D eigenvalue weighted by molar-refractivity contribution is -0.137. The molecule has 4 bridgehead atoms. The summed E-state index contributed by atoms with van der Waals surface area (Å²) in [4.78, 5) is 11.7. The zero-order chi connectivity index (χ0) is 22.9. The molecule has 0 N–H and O–H groups in total. The molecular weight excluding hydrogens is 408 g/mol. The third-order valence-corrected chi connectivity index (χ3v) is 8.23. The van der Waals surface area contributed by atoms with Crippen LogP contribution in [0.15, 0.2) is 65.3 Å². The molecule has 4 aliphatic carbocycles. The molecule has 1 aromatic rings. The van der Waals surface area contributed by atoms with Crippen LogP contribution in [0.4, 0.5) is 0 Å². The normalized spacial score (nSPS) is 33.0. The van der Waals surface area contributed by atoms with Gasteiger partial charge in [0.25, 0.3) is 0 Å². The fraction of sp³-hybridized carbons (Fsp3) is 0.500. The van der Waals surface area contributed by atoms with Crippen LogP contribution in [0.1, 0.15) is 58.4 Å². The van der Waals surface area contributed by atoms with E-state index in [1.54, 1.807) is 6.08 Å². The number of benzene rings is 1. The Hall–Kier alpha value is -2.55. The van der Waals surface area contributed by atoms with Crippen molar-refractivity contribution in [1.29, 1.82) is 0 Å². The van der Waals surface area contributed by atoms with Gasteiger partial charge in [-0.2, -0.15) is 0 Å². The Bertz CT molecular complexity index is 997. The van der Waals surface area contributed by atoms with Crippen LogP contribution >= 0.6 is 0 Å². The number of para-hydroxylation sites is 1. The first-order chi connectivity index (χ1) is 16.0. The first-order valence-electron chi connectivity index (χ1n) is 12.7. The van der Waals surface area contributed by atoms with Gasteiger partial charge in [0.15, 0.2) is 0 Å². The summed E-state index contributed by atoms with van der Waals surface area (Å²) in [5, 5.41) is 0. The number of ether oxygens (including phenoxy) is 2. The first kappa shape index (κ1) is 22.3. The Morgan fingerprint density at radius 1 is 1.06 bits per heavy atom. The highest BCUT2D eigenvalue weighted by Crippen LogP contribution is 2.59. The molecule has 1 aromatic carbocycles.